The van der Waals surface area contributed by atoms with Crippen molar-refractivity contribution in [2.24, 2.45) is 0 Å². The Hall–Kier alpha value is -3.62. The number of anilines is 1. The molecule has 1 fully saturated rings. The summed E-state index contributed by atoms with van der Waals surface area (Å²) in [4.78, 5) is 39.2. The first-order chi connectivity index (χ1) is 16.8. The SMILES string of the molecule is COc1cc(/C=C2\C(=O)NC(=O)N(c3ccccc3C)C2=O)cc(Br)c1OCc1cccc(Cl)c1. The number of nitrogens with zero attached hydrogens (tertiary/aromatic N) is 1. The van der Waals surface area contributed by atoms with Gasteiger partial charge in [0, 0.05) is 5.02 Å². The van der Waals surface area contributed by atoms with Crippen molar-refractivity contribution in [3.63, 3.8) is 0 Å². The zero-order valence-electron chi connectivity index (χ0n) is 18.8. The fourth-order valence-electron chi connectivity index (χ4n) is 3.60. The smallest absolute Gasteiger partial charge is 0.335 e. The van der Waals surface area contributed by atoms with E-state index in [1.165, 1.54) is 13.2 Å². The normalized spacial score (nSPS) is 14.8. The molecule has 0 aliphatic carbocycles. The van der Waals surface area contributed by atoms with Crippen LogP contribution in [0.25, 0.3) is 6.08 Å². The number of urea groups is 1. The van der Waals surface area contributed by atoms with Crippen molar-refractivity contribution in [3.8, 4) is 11.5 Å². The maximum Gasteiger partial charge on any atom is 0.335 e. The van der Waals surface area contributed by atoms with Gasteiger partial charge >= 0.3 is 6.03 Å². The van der Waals surface area contributed by atoms with Gasteiger partial charge < -0.3 is 9.47 Å². The van der Waals surface area contributed by atoms with Gasteiger partial charge in [-0.05, 0) is 76.0 Å². The molecule has 4 amide bonds. The van der Waals surface area contributed by atoms with Gasteiger partial charge in [0.1, 0.15) is 12.2 Å². The van der Waals surface area contributed by atoms with E-state index in [0.717, 1.165) is 16.0 Å². The molecule has 4 rings (SSSR count). The molecule has 0 spiro atoms. The van der Waals surface area contributed by atoms with Crippen LogP contribution in [0.1, 0.15) is 16.7 Å². The van der Waals surface area contributed by atoms with Crippen LogP contribution < -0.4 is 19.7 Å². The van der Waals surface area contributed by atoms with E-state index in [1.54, 1.807) is 55.5 Å². The third-order valence-corrected chi connectivity index (χ3v) is 6.12. The number of imide groups is 2. The second kappa shape index (κ2) is 10.3. The van der Waals surface area contributed by atoms with Gasteiger partial charge in [0.25, 0.3) is 11.8 Å². The van der Waals surface area contributed by atoms with Crippen LogP contribution in [0.2, 0.25) is 5.02 Å². The number of para-hydroxylation sites is 1. The van der Waals surface area contributed by atoms with E-state index in [9.17, 15) is 14.4 Å². The molecule has 3 aromatic carbocycles. The van der Waals surface area contributed by atoms with E-state index in [-0.39, 0.29) is 12.2 Å². The van der Waals surface area contributed by atoms with Crippen LogP contribution in [-0.4, -0.2) is 25.0 Å². The predicted molar refractivity (Wildman–Crippen MR) is 137 cm³/mol. The minimum Gasteiger partial charge on any atom is -0.493 e. The number of hydrogen-bond acceptors (Lipinski definition) is 5. The summed E-state index contributed by atoms with van der Waals surface area (Å²) in [6.07, 6.45) is 1.41. The van der Waals surface area contributed by atoms with Crippen molar-refractivity contribution >= 4 is 57.1 Å². The zero-order chi connectivity index (χ0) is 25.1. The average molecular weight is 556 g/mol. The topological polar surface area (TPSA) is 84.9 Å². The quantitative estimate of drug-likeness (QED) is 0.313. The lowest BCUT2D eigenvalue weighted by Gasteiger charge is -2.27. The predicted octanol–water partition coefficient (Wildman–Crippen LogP) is 5.66. The number of carbonyl (C=O) groups is 3. The minimum atomic E-state index is -0.796. The number of hydrogen-bond donors (Lipinski definition) is 1. The summed E-state index contributed by atoms with van der Waals surface area (Å²) in [7, 11) is 1.49. The van der Waals surface area contributed by atoms with Gasteiger partial charge in [-0.1, -0.05) is 41.9 Å². The summed E-state index contributed by atoms with van der Waals surface area (Å²) in [5, 5.41) is 2.84. The monoisotopic (exact) mass is 554 g/mol. The van der Waals surface area contributed by atoms with Gasteiger partial charge in [0.05, 0.1) is 17.3 Å². The highest BCUT2D eigenvalue weighted by molar-refractivity contribution is 9.10. The molecule has 0 bridgehead atoms. The largest absolute Gasteiger partial charge is 0.493 e. The lowest BCUT2D eigenvalue weighted by molar-refractivity contribution is -0.122. The molecule has 1 aliphatic rings. The van der Waals surface area contributed by atoms with E-state index in [4.69, 9.17) is 21.1 Å². The van der Waals surface area contributed by atoms with Crippen LogP contribution in [0.15, 0.2) is 70.7 Å². The van der Waals surface area contributed by atoms with Crippen LogP contribution >= 0.6 is 27.5 Å². The number of aryl methyl sites for hydroxylation is 1. The van der Waals surface area contributed by atoms with Crippen LogP contribution in [0.4, 0.5) is 10.5 Å². The fraction of sp³-hybridized carbons (Fsp3) is 0.115. The molecule has 178 valence electrons. The number of rotatable bonds is 6. The van der Waals surface area contributed by atoms with E-state index in [2.05, 4.69) is 21.2 Å². The van der Waals surface area contributed by atoms with Gasteiger partial charge in [-0.3, -0.25) is 14.9 Å². The number of barbiturate groups is 1. The summed E-state index contributed by atoms with van der Waals surface area (Å²) in [6.45, 7) is 2.03. The molecule has 9 heteroatoms. The second-order valence-corrected chi connectivity index (χ2v) is 8.99. The van der Waals surface area contributed by atoms with Gasteiger partial charge in [-0.2, -0.15) is 0 Å². The van der Waals surface area contributed by atoms with Crippen molar-refractivity contribution in [1.29, 1.82) is 0 Å². The first-order valence-electron chi connectivity index (χ1n) is 10.5. The van der Waals surface area contributed by atoms with Gasteiger partial charge in [-0.15, -0.1) is 0 Å². The van der Waals surface area contributed by atoms with E-state index < -0.39 is 17.8 Å². The van der Waals surface area contributed by atoms with Crippen LogP contribution in [-0.2, 0) is 16.2 Å². The molecular weight excluding hydrogens is 536 g/mol. The van der Waals surface area contributed by atoms with Gasteiger partial charge in [0.2, 0.25) is 0 Å². The number of methoxy groups -OCH3 is 1. The van der Waals surface area contributed by atoms with Gasteiger partial charge in [-0.25, -0.2) is 9.69 Å². The van der Waals surface area contributed by atoms with Crippen molar-refractivity contribution < 1.29 is 23.9 Å². The van der Waals surface area contributed by atoms with E-state index in [1.807, 2.05) is 12.1 Å². The van der Waals surface area contributed by atoms with Crippen molar-refractivity contribution in [3.05, 3.63) is 92.4 Å². The van der Waals surface area contributed by atoms with Gasteiger partial charge in [0.15, 0.2) is 11.5 Å². The van der Waals surface area contributed by atoms with Crippen LogP contribution in [0.3, 0.4) is 0 Å². The molecule has 1 saturated heterocycles. The Balaban J connectivity index is 1.65. The number of ether oxygens (including phenoxy) is 2. The number of amides is 4. The Kier molecular flexibility index (Phi) is 7.23. The second-order valence-electron chi connectivity index (χ2n) is 7.70. The Labute approximate surface area is 215 Å². The highest BCUT2D eigenvalue weighted by Crippen LogP contribution is 2.38. The molecule has 0 saturated carbocycles. The van der Waals surface area contributed by atoms with E-state index in [0.29, 0.717) is 32.2 Å². The first kappa shape index (κ1) is 24.5. The van der Waals surface area contributed by atoms with E-state index >= 15 is 0 Å². The number of halogens is 2. The molecule has 0 unspecified atom stereocenters. The van der Waals surface area contributed by atoms with Crippen molar-refractivity contribution in [2.45, 2.75) is 13.5 Å². The summed E-state index contributed by atoms with van der Waals surface area (Å²) >= 11 is 9.52. The third-order valence-electron chi connectivity index (χ3n) is 5.29. The summed E-state index contributed by atoms with van der Waals surface area (Å²) in [5.41, 5.74) is 2.31. The zero-order valence-corrected chi connectivity index (χ0v) is 21.1. The standard InChI is InChI=1S/C26H20BrClN2O5/c1-15-6-3-4-9-21(15)30-25(32)19(24(31)29-26(30)33)11-17-12-20(27)23(22(13-17)34-2)35-14-16-7-5-8-18(28)10-16/h3-13H,14H2,1-2H3,(H,29,31,33)/b19-11+. The summed E-state index contributed by atoms with van der Waals surface area (Å²) < 4.78 is 12.0. The first-order valence-corrected chi connectivity index (χ1v) is 11.7. The Morgan fingerprint density at radius 1 is 1.06 bits per heavy atom. The number of nitrogens with one attached hydrogen (secondary N) is 1. The molecule has 3 aromatic rings. The molecule has 0 radical (unpaired) electrons. The molecule has 0 atom stereocenters. The molecular formula is C26H20BrClN2O5. The lowest BCUT2D eigenvalue weighted by Crippen LogP contribution is -2.54. The maximum absolute atomic E-state index is 13.2. The van der Waals surface area contributed by atoms with Crippen molar-refractivity contribution in [2.75, 3.05) is 12.0 Å². The minimum absolute atomic E-state index is 0.186. The molecule has 1 heterocycles. The molecule has 0 aromatic heterocycles. The summed E-state index contributed by atoms with van der Waals surface area (Å²) in [5.74, 6) is -0.653. The number of benzene rings is 3. The highest BCUT2D eigenvalue weighted by atomic mass is 79.9. The molecule has 35 heavy (non-hydrogen) atoms. The third kappa shape index (κ3) is 5.23. The lowest BCUT2D eigenvalue weighted by atomic mass is 10.1. The maximum atomic E-state index is 13.2. The Bertz CT molecular complexity index is 1370. The fourth-order valence-corrected chi connectivity index (χ4v) is 4.39. The van der Waals surface area contributed by atoms with Crippen LogP contribution in [0.5, 0.6) is 11.5 Å². The average Bonchev–Trinajstić information content (AvgIpc) is 2.82. The van der Waals surface area contributed by atoms with Crippen LogP contribution in [0, 0.1) is 6.92 Å². The van der Waals surface area contributed by atoms with Crippen molar-refractivity contribution in [1.82, 2.24) is 5.32 Å². The Morgan fingerprint density at radius 3 is 2.54 bits per heavy atom. The highest BCUT2D eigenvalue weighted by Gasteiger charge is 2.37. The molecule has 1 N–H and O–H groups in total. The summed E-state index contributed by atoms with van der Waals surface area (Å²) in [6, 6.07) is 16.8. The molecule has 7 nitrogen and oxygen atoms in total. The Morgan fingerprint density at radius 2 is 1.83 bits per heavy atom. The number of carbonyl (C=O) groups excluding carboxylic acids is 3. The molecule has 1 aliphatic heterocycles.